The summed E-state index contributed by atoms with van der Waals surface area (Å²) in [5.74, 6) is 0. The zero-order chi connectivity index (χ0) is 19.3. The highest BCUT2D eigenvalue weighted by Gasteiger charge is 2.44. The van der Waals surface area contributed by atoms with E-state index in [0.29, 0.717) is 10.0 Å². The Morgan fingerprint density at radius 3 is 1.43 bits per heavy atom. The van der Waals surface area contributed by atoms with Crippen molar-refractivity contribution < 1.29 is 5.11 Å². The van der Waals surface area contributed by atoms with Crippen LogP contribution in [0.15, 0.2) is 91.0 Å². The quantitative estimate of drug-likeness (QED) is 0.385. The van der Waals surface area contributed by atoms with Crippen molar-refractivity contribution in [1.82, 2.24) is 0 Å². The number of benzene rings is 4. The zero-order valence-corrected chi connectivity index (χ0v) is 16.4. The Morgan fingerprint density at radius 1 is 0.536 bits per heavy atom. The van der Waals surface area contributed by atoms with Crippen LogP contribution in [0, 0.1) is 0 Å². The van der Waals surface area contributed by atoms with E-state index in [2.05, 4.69) is 12.1 Å². The van der Waals surface area contributed by atoms with Gasteiger partial charge in [-0.05, 0) is 28.8 Å². The maximum Gasteiger partial charge on any atom is 0.142 e. The van der Waals surface area contributed by atoms with E-state index in [1.807, 2.05) is 72.8 Å². The van der Waals surface area contributed by atoms with Gasteiger partial charge >= 0.3 is 0 Å². The van der Waals surface area contributed by atoms with Gasteiger partial charge in [-0.15, -0.1) is 0 Å². The number of aliphatic hydroxyl groups is 1. The van der Waals surface area contributed by atoms with Gasteiger partial charge in [-0.3, -0.25) is 0 Å². The predicted molar refractivity (Wildman–Crippen MR) is 116 cm³/mol. The van der Waals surface area contributed by atoms with Crippen LogP contribution < -0.4 is 0 Å². The third kappa shape index (κ3) is 2.44. The van der Waals surface area contributed by atoms with Gasteiger partial charge < -0.3 is 5.11 Å². The Morgan fingerprint density at radius 2 is 0.964 bits per heavy atom. The van der Waals surface area contributed by atoms with Crippen molar-refractivity contribution in [2.45, 2.75) is 5.60 Å². The van der Waals surface area contributed by atoms with Gasteiger partial charge in [0, 0.05) is 32.3 Å². The van der Waals surface area contributed by atoms with Crippen LogP contribution >= 0.6 is 23.2 Å². The van der Waals surface area contributed by atoms with Crippen LogP contribution in [0.2, 0.25) is 10.0 Å². The third-order valence-corrected chi connectivity index (χ3v) is 6.01. The van der Waals surface area contributed by atoms with Crippen LogP contribution in [-0.2, 0) is 5.60 Å². The molecule has 0 atom stereocenters. The molecule has 0 fully saturated rings. The van der Waals surface area contributed by atoms with E-state index < -0.39 is 5.60 Å². The Balaban J connectivity index is 1.84. The van der Waals surface area contributed by atoms with Crippen molar-refractivity contribution >= 4 is 23.2 Å². The summed E-state index contributed by atoms with van der Waals surface area (Å²) in [6, 6.07) is 29.4. The molecule has 136 valence electrons. The fourth-order valence-corrected chi connectivity index (χ4v) is 4.75. The summed E-state index contributed by atoms with van der Waals surface area (Å²) in [5.41, 5.74) is 5.15. The first-order valence-corrected chi connectivity index (χ1v) is 9.83. The van der Waals surface area contributed by atoms with Gasteiger partial charge in [-0.2, -0.15) is 0 Å². The van der Waals surface area contributed by atoms with Crippen molar-refractivity contribution in [3.05, 3.63) is 118 Å². The number of hydrogen-bond acceptors (Lipinski definition) is 1. The van der Waals surface area contributed by atoms with Gasteiger partial charge in [0.05, 0.1) is 0 Å². The third-order valence-electron chi connectivity index (χ3n) is 5.46. The number of fused-ring (bicyclic) bond motifs is 3. The Kier molecular flexibility index (Phi) is 4.06. The van der Waals surface area contributed by atoms with E-state index in [1.165, 1.54) is 0 Å². The van der Waals surface area contributed by atoms with Crippen molar-refractivity contribution in [2.75, 3.05) is 0 Å². The molecule has 0 spiro atoms. The topological polar surface area (TPSA) is 20.2 Å². The minimum Gasteiger partial charge on any atom is -0.376 e. The van der Waals surface area contributed by atoms with Crippen LogP contribution in [0.3, 0.4) is 0 Å². The van der Waals surface area contributed by atoms with Gasteiger partial charge in [0.15, 0.2) is 0 Å². The number of hydrogen-bond donors (Lipinski definition) is 1. The standard InChI is InChI=1S/C25H16Cl2O/c26-16-13-14-20(24(27)15-16)19-9-3-6-12-23(19)25(28)21-10-4-1-7-17(21)18-8-2-5-11-22(18)25/h1-15,28H. The van der Waals surface area contributed by atoms with Gasteiger partial charge in [-0.1, -0.05) is 102 Å². The lowest BCUT2D eigenvalue weighted by Crippen LogP contribution is -2.27. The van der Waals surface area contributed by atoms with E-state index in [4.69, 9.17) is 23.2 Å². The molecule has 0 aliphatic heterocycles. The number of rotatable bonds is 2. The molecule has 0 radical (unpaired) electrons. The Hall–Kier alpha value is -2.58. The molecule has 0 amide bonds. The molecule has 0 unspecified atom stereocenters. The van der Waals surface area contributed by atoms with Crippen LogP contribution in [0.4, 0.5) is 0 Å². The summed E-state index contributed by atoms with van der Waals surface area (Å²) in [5, 5.41) is 13.3. The van der Waals surface area contributed by atoms with E-state index in [-0.39, 0.29) is 0 Å². The molecule has 28 heavy (non-hydrogen) atoms. The summed E-state index contributed by atoms with van der Waals surface area (Å²) >= 11 is 12.6. The molecule has 4 aromatic carbocycles. The second-order valence-corrected chi connectivity index (χ2v) is 7.81. The van der Waals surface area contributed by atoms with E-state index in [9.17, 15) is 5.11 Å². The highest BCUT2D eigenvalue weighted by Crippen LogP contribution is 2.52. The molecule has 5 rings (SSSR count). The highest BCUT2D eigenvalue weighted by molar-refractivity contribution is 6.36. The second-order valence-electron chi connectivity index (χ2n) is 6.97. The maximum absolute atomic E-state index is 12.2. The average Bonchev–Trinajstić information content (AvgIpc) is 2.99. The second kappa shape index (κ2) is 6.49. The first-order valence-electron chi connectivity index (χ1n) is 9.07. The zero-order valence-electron chi connectivity index (χ0n) is 14.9. The van der Waals surface area contributed by atoms with Crippen LogP contribution in [0.1, 0.15) is 16.7 Å². The molecule has 4 aromatic rings. The van der Waals surface area contributed by atoms with Crippen LogP contribution in [-0.4, -0.2) is 5.11 Å². The van der Waals surface area contributed by atoms with Crippen molar-refractivity contribution in [1.29, 1.82) is 0 Å². The molecule has 1 aliphatic carbocycles. The molecule has 0 saturated heterocycles. The first-order chi connectivity index (χ1) is 13.6. The molecule has 3 heteroatoms. The Bertz CT molecular complexity index is 1170. The minimum atomic E-state index is -1.26. The molecule has 0 bridgehead atoms. The summed E-state index contributed by atoms with van der Waals surface area (Å²) < 4.78 is 0. The molecule has 1 nitrogen and oxygen atoms in total. The van der Waals surface area contributed by atoms with E-state index in [1.54, 1.807) is 6.07 Å². The molecule has 0 heterocycles. The molecule has 1 N–H and O–H groups in total. The molecule has 0 aromatic heterocycles. The van der Waals surface area contributed by atoms with Gasteiger partial charge in [0.2, 0.25) is 0 Å². The van der Waals surface area contributed by atoms with Gasteiger partial charge in [0.25, 0.3) is 0 Å². The normalized spacial score (nSPS) is 13.8. The number of halogens is 2. The summed E-state index contributed by atoms with van der Waals surface area (Å²) in [6.07, 6.45) is 0. The summed E-state index contributed by atoms with van der Waals surface area (Å²) in [6.45, 7) is 0. The van der Waals surface area contributed by atoms with Gasteiger partial charge in [-0.25, -0.2) is 0 Å². The molecule has 0 saturated carbocycles. The van der Waals surface area contributed by atoms with Crippen LogP contribution in [0.5, 0.6) is 0 Å². The van der Waals surface area contributed by atoms with Crippen molar-refractivity contribution in [2.24, 2.45) is 0 Å². The minimum absolute atomic E-state index is 0.558. The lowest BCUT2D eigenvalue weighted by molar-refractivity contribution is 0.131. The SMILES string of the molecule is OC1(c2ccccc2-c2ccc(Cl)cc2Cl)c2ccccc2-c2ccccc21. The van der Waals surface area contributed by atoms with Crippen molar-refractivity contribution in [3.8, 4) is 22.3 Å². The molecular formula is C25H16Cl2O. The largest absolute Gasteiger partial charge is 0.376 e. The van der Waals surface area contributed by atoms with Gasteiger partial charge in [0.1, 0.15) is 5.60 Å². The Labute approximate surface area is 173 Å². The van der Waals surface area contributed by atoms with E-state index >= 15 is 0 Å². The fraction of sp³-hybridized carbons (Fsp3) is 0.0400. The smallest absolute Gasteiger partial charge is 0.142 e. The maximum atomic E-state index is 12.2. The highest BCUT2D eigenvalue weighted by atomic mass is 35.5. The lowest BCUT2D eigenvalue weighted by atomic mass is 9.80. The predicted octanol–water partition coefficient (Wildman–Crippen LogP) is 6.93. The molecular weight excluding hydrogens is 387 g/mol. The van der Waals surface area contributed by atoms with Crippen LogP contribution in [0.25, 0.3) is 22.3 Å². The summed E-state index contributed by atoms with van der Waals surface area (Å²) in [7, 11) is 0. The summed E-state index contributed by atoms with van der Waals surface area (Å²) in [4.78, 5) is 0. The first kappa shape index (κ1) is 17.5. The lowest BCUT2D eigenvalue weighted by Gasteiger charge is -2.29. The van der Waals surface area contributed by atoms with Crippen molar-refractivity contribution in [3.63, 3.8) is 0 Å². The fourth-order valence-electron chi connectivity index (χ4n) is 4.24. The molecule has 1 aliphatic rings. The monoisotopic (exact) mass is 402 g/mol. The van der Waals surface area contributed by atoms with E-state index in [0.717, 1.165) is 38.9 Å². The average molecular weight is 403 g/mol.